The van der Waals surface area contributed by atoms with Crippen molar-refractivity contribution in [2.75, 3.05) is 5.32 Å². The van der Waals surface area contributed by atoms with Crippen LogP contribution < -0.4 is 5.32 Å². The molecule has 2 aromatic carbocycles. The summed E-state index contributed by atoms with van der Waals surface area (Å²) < 4.78 is 0.950. The van der Waals surface area contributed by atoms with Crippen molar-refractivity contribution >= 4 is 57.3 Å². The molecule has 0 saturated carbocycles. The number of anilines is 1. The molecular formula is C18H14INOS2. The van der Waals surface area contributed by atoms with E-state index >= 15 is 0 Å². The van der Waals surface area contributed by atoms with E-state index in [2.05, 4.69) is 44.7 Å². The molecule has 0 fully saturated rings. The topological polar surface area (TPSA) is 29.1 Å². The number of nitrogens with one attached hydrogen (secondary N) is 1. The van der Waals surface area contributed by atoms with Gasteiger partial charge < -0.3 is 5.32 Å². The van der Waals surface area contributed by atoms with Gasteiger partial charge in [-0.1, -0.05) is 24.3 Å². The number of para-hydroxylation sites is 1. The zero-order valence-electron chi connectivity index (χ0n) is 12.2. The number of hydrogen-bond donors (Lipinski definition) is 1. The van der Waals surface area contributed by atoms with E-state index in [1.165, 1.54) is 5.56 Å². The van der Waals surface area contributed by atoms with Gasteiger partial charge in [-0.05, 0) is 69.2 Å². The number of rotatable bonds is 5. The fourth-order valence-electron chi connectivity index (χ4n) is 2.07. The average Bonchev–Trinajstić information content (AvgIpc) is 3.08. The van der Waals surface area contributed by atoms with E-state index in [4.69, 9.17) is 0 Å². The Balaban J connectivity index is 1.75. The lowest BCUT2D eigenvalue weighted by atomic mass is 10.2. The fourth-order valence-corrected chi connectivity index (χ4v) is 4.42. The summed E-state index contributed by atoms with van der Waals surface area (Å²) in [5, 5.41) is 7.27. The SMILES string of the molecule is O=C(Nc1ccccc1SCc1ccsc1)c1ccccc1I. The molecule has 0 aliphatic rings. The van der Waals surface area contributed by atoms with Crippen LogP contribution in [-0.4, -0.2) is 5.91 Å². The van der Waals surface area contributed by atoms with E-state index < -0.39 is 0 Å². The first-order chi connectivity index (χ1) is 11.2. The second-order valence-electron chi connectivity index (χ2n) is 4.85. The molecule has 1 aromatic heterocycles. The van der Waals surface area contributed by atoms with Gasteiger partial charge in [-0.25, -0.2) is 0 Å². The predicted molar refractivity (Wildman–Crippen MR) is 107 cm³/mol. The zero-order valence-corrected chi connectivity index (χ0v) is 16.0. The van der Waals surface area contributed by atoms with Gasteiger partial charge in [0.25, 0.3) is 5.91 Å². The summed E-state index contributed by atoms with van der Waals surface area (Å²) in [6.07, 6.45) is 0. The smallest absolute Gasteiger partial charge is 0.256 e. The number of amides is 1. The van der Waals surface area contributed by atoms with Crippen LogP contribution in [0.25, 0.3) is 0 Å². The molecule has 0 unspecified atom stereocenters. The highest BCUT2D eigenvalue weighted by Crippen LogP contribution is 2.30. The normalized spacial score (nSPS) is 10.5. The van der Waals surface area contributed by atoms with E-state index in [-0.39, 0.29) is 5.91 Å². The minimum atomic E-state index is -0.0708. The Labute approximate surface area is 157 Å². The summed E-state index contributed by atoms with van der Waals surface area (Å²) in [4.78, 5) is 13.6. The number of benzene rings is 2. The predicted octanol–water partition coefficient (Wildman–Crippen LogP) is 5.90. The first kappa shape index (κ1) is 16.5. The van der Waals surface area contributed by atoms with Crippen LogP contribution in [0, 0.1) is 3.57 Å². The minimum absolute atomic E-state index is 0.0708. The standard InChI is InChI=1S/C18H14INOS2/c19-15-6-2-1-5-14(15)18(21)20-16-7-3-4-8-17(16)23-12-13-9-10-22-11-13/h1-11H,12H2,(H,20,21). The van der Waals surface area contributed by atoms with Crippen molar-refractivity contribution in [2.24, 2.45) is 0 Å². The Bertz CT molecular complexity index is 802. The van der Waals surface area contributed by atoms with Gasteiger partial charge >= 0.3 is 0 Å². The lowest BCUT2D eigenvalue weighted by Gasteiger charge is -2.11. The highest BCUT2D eigenvalue weighted by Gasteiger charge is 2.11. The quantitative estimate of drug-likeness (QED) is 0.387. The van der Waals surface area contributed by atoms with Gasteiger partial charge in [0.15, 0.2) is 0 Å². The number of hydrogen-bond acceptors (Lipinski definition) is 3. The van der Waals surface area contributed by atoms with E-state index in [0.717, 1.165) is 19.9 Å². The van der Waals surface area contributed by atoms with Crippen molar-refractivity contribution in [1.29, 1.82) is 0 Å². The van der Waals surface area contributed by atoms with E-state index in [1.54, 1.807) is 23.1 Å². The summed E-state index contributed by atoms with van der Waals surface area (Å²) in [6, 6.07) is 17.7. The molecule has 0 aliphatic heterocycles. The van der Waals surface area contributed by atoms with Crippen LogP contribution in [0.1, 0.15) is 15.9 Å². The van der Waals surface area contributed by atoms with Crippen molar-refractivity contribution in [3.63, 3.8) is 0 Å². The summed E-state index contributed by atoms with van der Waals surface area (Å²) in [5.74, 6) is 0.831. The molecule has 0 bridgehead atoms. The van der Waals surface area contributed by atoms with Crippen LogP contribution in [-0.2, 0) is 5.75 Å². The maximum Gasteiger partial charge on any atom is 0.256 e. The molecule has 116 valence electrons. The first-order valence-corrected chi connectivity index (χ1v) is 10.0. The van der Waals surface area contributed by atoms with Crippen molar-refractivity contribution in [3.05, 3.63) is 80.1 Å². The second kappa shape index (κ2) is 7.99. The molecule has 2 nitrogen and oxygen atoms in total. The van der Waals surface area contributed by atoms with Crippen molar-refractivity contribution < 1.29 is 4.79 Å². The third-order valence-electron chi connectivity index (χ3n) is 3.23. The van der Waals surface area contributed by atoms with Gasteiger partial charge in [0.2, 0.25) is 0 Å². The number of thiophene rings is 1. The molecule has 0 saturated heterocycles. The van der Waals surface area contributed by atoms with E-state index in [1.807, 2.05) is 48.5 Å². The molecule has 0 atom stereocenters. The molecule has 3 rings (SSSR count). The highest BCUT2D eigenvalue weighted by atomic mass is 127. The third kappa shape index (κ3) is 4.37. The van der Waals surface area contributed by atoms with Crippen molar-refractivity contribution in [3.8, 4) is 0 Å². The van der Waals surface area contributed by atoms with Gasteiger partial charge in [0.05, 0.1) is 11.3 Å². The number of carbonyl (C=O) groups excluding carboxylic acids is 1. The molecule has 0 aliphatic carbocycles. The Kier molecular flexibility index (Phi) is 5.75. The Morgan fingerprint density at radius 1 is 1.09 bits per heavy atom. The average molecular weight is 451 g/mol. The summed E-state index contributed by atoms with van der Waals surface area (Å²) in [7, 11) is 0. The molecule has 1 N–H and O–H groups in total. The Morgan fingerprint density at radius 2 is 1.87 bits per heavy atom. The largest absolute Gasteiger partial charge is 0.321 e. The number of carbonyl (C=O) groups is 1. The maximum atomic E-state index is 12.5. The van der Waals surface area contributed by atoms with Gasteiger partial charge in [-0.3, -0.25) is 4.79 Å². The lowest BCUT2D eigenvalue weighted by Crippen LogP contribution is -2.13. The molecule has 0 spiro atoms. The monoisotopic (exact) mass is 451 g/mol. The number of halogens is 1. The van der Waals surface area contributed by atoms with Crippen LogP contribution >= 0.6 is 45.7 Å². The molecule has 3 aromatic rings. The van der Waals surface area contributed by atoms with Crippen LogP contribution in [0.5, 0.6) is 0 Å². The van der Waals surface area contributed by atoms with Gasteiger partial charge in [0, 0.05) is 14.2 Å². The van der Waals surface area contributed by atoms with Crippen LogP contribution in [0.4, 0.5) is 5.69 Å². The molecule has 1 heterocycles. The summed E-state index contributed by atoms with van der Waals surface area (Å²) in [5.41, 5.74) is 2.86. The van der Waals surface area contributed by atoms with E-state index in [0.29, 0.717) is 5.56 Å². The molecule has 1 amide bonds. The maximum absolute atomic E-state index is 12.5. The molecule has 5 heteroatoms. The van der Waals surface area contributed by atoms with Crippen molar-refractivity contribution in [2.45, 2.75) is 10.6 Å². The zero-order chi connectivity index (χ0) is 16.1. The number of thioether (sulfide) groups is 1. The summed E-state index contributed by atoms with van der Waals surface area (Å²) >= 11 is 5.63. The van der Waals surface area contributed by atoms with Crippen molar-refractivity contribution in [1.82, 2.24) is 0 Å². The van der Waals surface area contributed by atoms with E-state index in [9.17, 15) is 4.79 Å². The molecule has 23 heavy (non-hydrogen) atoms. The third-order valence-corrected chi connectivity index (χ3v) is 6.05. The van der Waals surface area contributed by atoms with Gasteiger partial charge in [-0.2, -0.15) is 11.3 Å². The first-order valence-electron chi connectivity index (χ1n) is 7.03. The minimum Gasteiger partial charge on any atom is -0.321 e. The van der Waals surface area contributed by atoms with Crippen LogP contribution in [0.3, 0.4) is 0 Å². The lowest BCUT2D eigenvalue weighted by molar-refractivity contribution is 0.102. The second-order valence-corrected chi connectivity index (χ2v) is 7.81. The Hall–Kier alpha value is -1.31. The van der Waals surface area contributed by atoms with Crippen LogP contribution in [0.15, 0.2) is 70.3 Å². The highest BCUT2D eigenvalue weighted by molar-refractivity contribution is 14.1. The van der Waals surface area contributed by atoms with Crippen LogP contribution in [0.2, 0.25) is 0 Å². The Morgan fingerprint density at radius 3 is 2.65 bits per heavy atom. The summed E-state index contributed by atoms with van der Waals surface area (Å²) in [6.45, 7) is 0. The fraction of sp³-hybridized carbons (Fsp3) is 0.0556. The molecular weight excluding hydrogens is 437 g/mol. The van der Waals surface area contributed by atoms with Gasteiger partial charge in [0.1, 0.15) is 0 Å². The van der Waals surface area contributed by atoms with Gasteiger partial charge in [-0.15, -0.1) is 11.8 Å². The molecule has 0 radical (unpaired) electrons.